The van der Waals surface area contributed by atoms with Gasteiger partial charge in [0.05, 0.1) is 11.7 Å². The van der Waals surface area contributed by atoms with Gasteiger partial charge in [-0.3, -0.25) is 0 Å². The van der Waals surface area contributed by atoms with Crippen LogP contribution in [0.5, 0.6) is 0 Å². The minimum absolute atomic E-state index is 0.0455. The fraction of sp³-hybridized carbons (Fsp3) is 1.00. The molecule has 1 unspecified atom stereocenters. The lowest BCUT2D eigenvalue weighted by Gasteiger charge is -2.24. The molecular formula is C7H18OSi. The lowest BCUT2D eigenvalue weighted by molar-refractivity contribution is -0.0421. The number of hydrogen-bond acceptors (Lipinski definition) is 1. The summed E-state index contributed by atoms with van der Waals surface area (Å²) in [7, 11) is 1.24. The predicted molar refractivity (Wildman–Crippen MR) is 45.0 cm³/mol. The lowest BCUT2D eigenvalue weighted by Crippen LogP contribution is -2.24. The van der Waals surface area contributed by atoms with Gasteiger partial charge in [-0.25, -0.2) is 0 Å². The highest BCUT2D eigenvalue weighted by atomic mass is 28.1. The first-order valence-electron chi connectivity index (χ1n) is 3.63. The Kier molecular flexibility index (Phi) is 3.44. The zero-order valence-electron chi connectivity index (χ0n) is 7.19. The number of ether oxygens (including phenoxy) is 1. The molecule has 56 valence electrons. The SMILES string of the molecule is CC(C[SiH3])OC(C)(C)C. The minimum atomic E-state index is 0.0455. The van der Waals surface area contributed by atoms with Crippen molar-refractivity contribution in [2.24, 2.45) is 0 Å². The van der Waals surface area contributed by atoms with Crippen LogP contribution in [0.15, 0.2) is 0 Å². The monoisotopic (exact) mass is 146 g/mol. The van der Waals surface area contributed by atoms with Crippen LogP contribution in [0.25, 0.3) is 0 Å². The van der Waals surface area contributed by atoms with Crippen LogP contribution in [0.1, 0.15) is 27.7 Å². The first kappa shape index (κ1) is 9.18. The van der Waals surface area contributed by atoms with E-state index in [9.17, 15) is 0 Å². The van der Waals surface area contributed by atoms with Crippen LogP contribution >= 0.6 is 0 Å². The second-order valence-corrected chi connectivity index (χ2v) is 4.27. The Balaban J connectivity index is 3.47. The van der Waals surface area contributed by atoms with E-state index in [2.05, 4.69) is 27.7 Å². The summed E-state index contributed by atoms with van der Waals surface area (Å²) in [5, 5.41) is 0. The Morgan fingerprint density at radius 3 is 2.00 bits per heavy atom. The maximum absolute atomic E-state index is 5.62. The average molecular weight is 146 g/mol. The van der Waals surface area contributed by atoms with Crippen LogP contribution in [-0.4, -0.2) is 21.9 Å². The molecule has 0 aromatic rings. The molecule has 2 heteroatoms. The molecule has 9 heavy (non-hydrogen) atoms. The van der Waals surface area contributed by atoms with Gasteiger partial charge in [-0.05, 0) is 33.7 Å². The molecular weight excluding hydrogens is 128 g/mol. The quantitative estimate of drug-likeness (QED) is 0.528. The topological polar surface area (TPSA) is 9.23 Å². The molecule has 0 fully saturated rings. The molecule has 0 aliphatic heterocycles. The Morgan fingerprint density at radius 2 is 1.89 bits per heavy atom. The van der Waals surface area contributed by atoms with Crippen LogP contribution in [0.3, 0.4) is 0 Å². The third kappa shape index (κ3) is 6.06. The molecule has 0 aliphatic rings. The van der Waals surface area contributed by atoms with Gasteiger partial charge in [0.15, 0.2) is 0 Å². The summed E-state index contributed by atoms with van der Waals surface area (Å²) >= 11 is 0. The lowest BCUT2D eigenvalue weighted by atomic mass is 10.2. The maximum atomic E-state index is 5.62. The summed E-state index contributed by atoms with van der Waals surface area (Å²) in [5.74, 6) is 0. The third-order valence-electron chi connectivity index (χ3n) is 1.13. The number of hydrogen-bond donors (Lipinski definition) is 0. The van der Waals surface area contributed by atoms with Gasteiger partial charge in [0.25, 0.3) is 0 Å². The van der Waals surface area contributed by atoms with Gasteiger partial charge >= 0.3 is 0 Å². The van der Waals surface area contributed by atoms with E-state index >= 15 is 0 Å². The summed E-state index contributed by atoms with van der Waals surface area (Å²) < 4.78 is 5.62. The Bertz CT molecular complexity index is 75.5. The highest BCUT2D eigenvalue weighted by Gasteiger charge is 2.12. The normalized spacial score (nSPS) is 16.0. The zero-order valence-corrected chi connectivity index (χ0v) is 9.19. The first-order chi connectivity index (χ1) is 3.95. The van der Waals surface area contributed by atoms with Crippen molar-refractivity contribution < 1.29 is 4.74 Å². The zero-order chi connectivity index (χ0) is 7.49. The van der Waals surface area contributed by atoms with Gasteiger partial charge in [-0.1, -0.05) is 0 Å². The van der Waals surface area contributed by atoms with Crippen LogP contribution < -0.4 is 0 Å². The van der Waals surface area contributed by atoms with Crippen LogP contribution in [-0.2, 0) is 4.74 Å². The molecule has 1 nitrogen and oxygen atoms in total. The molecule has 0 N–H and O–H groups in total. The minimum Gasteiger partial charge on any atom is -0.373 e. The predicted octanol–water partition coefficient (Wildman–Crippen LogP) is 0.974. The van der Waals surface area contributed by atoms with E-state index < -0.39 is 0 Å². The molecule has 0 heterocycles. The van der Waals surface area contributed by atoms with Gasteiger partial charge in [0, 0.05) is 10.2 Å². The molecule has 1 atom stereocenters. The van der Waals surface area contributed by atoms with Gasteiger partial charge in [-0.2, -0.15) is 0 Å². The van der Waals surface area contributed by atoms with Crippen molar-refractivity contribution in [2.75, 3.05) is 0 Å². The van der Waals surface area contributed by atoms with Crippen LogP contribution in [0.2, 0.25) is 6.04 Å². The molecule has 0 radical (unpaired) electrons. The Hall–Kier alpha value is 0.177. The Labute approximate surface area is 61.2 Å². The fourth-order valence-corrected chi connectivity index (χ4v) is 0.854. The molecule has 0 saturated carbocycles. The first-order valence-corrected chi connectivity index (χ1v) is 5.05. The third-order valence-corrected chi connectivity index (χ3v) is 2.28. The van der Waals surface area contributed by atoms with E-state index in [1.54, 1.807) is 0 Å². The molecule has 0 aliphatic carbocycles. The van der Waals surface area contributed by atoms with Crippen LogP contribution in [0, 0.1) is 0 Å². The van der Waals surface area contributed by atoms with Crippen molar-refractivity contribution in [1.29, 1.82) is 0 Å². The highest BCUT2D eigenvalue weighted by molar-refractivity contribution is 6.08. The number of rotatable bonds is 2. The Morgan fingerprint density at radius 1 is 1.44 bits per heavy atom. The van der Waals surface area contributed by atoms with Crippen molar-refractivity contribution >= 4 is 10.2 Å². The molecule has 0 spiro atoms. The summed E-state index contributed by atoms with van der Waals surface area (Å²) in [6.45, 7) is 8.43. The van der Waals surface area contributed by atoms with Gasteiger partial charge < -0.3 is 4.74 Å². The van der Waals surface area contributed by atoms with E-state index in [1.165, 1.54) is 16.3 Å². The van der Waals surface area contributed by atoms with Gasteiger partial charge in [0.2, 0.25) is 0 Å². The van der Waals surface area contributed by atoms with E-state index in [0.29, 0.717) is 6.10 Å². The van der Waals surface area contributed by atoms with Gasteiger partial charge in [0.1, 0.15) is 0 Å². The van der Waals surface area contributed by atoms with Crippen molar-refractivity contribution in [3.63, 3.8) is 0 Å². The second kappa shape index (κ2) is 3.37. The summed E-state index contributed by atoms with van der Waals surface area (Å²) in [5.41, 5.74) is 0.0455. The van der Waals surface area contributed by atoms with Crippen LogP contribution in [0.4, 0.5) is 0 Å². The summed E-state index contributed by atoms with van der Waals surface area (Å²) in [6, 6.07) is 1.23. The van der Waals surface area contributed by atoms with E-state index in [-0.39, 0.29) is 5.60 Å². The molecule has 0 rings (SSSR count). The van der Waals surface area contributed by atoms with E-state index in [4.69, 9.17) is 4.74 Å². The van der Waals surface area contributed by atoms with Crippen molar-refractivity contribution in [3.8, 4) is 0 Å². The highest BCUT2D eigenvalue weighted by Crippen LogP contribution is 2.11. The standard InChI is InChI=1S/C7H18OSi/c1-6(5-9)8-7(2,3)4/h6H,5H2,1-4,9H3. The second-order valence-electron chi connectivity index (χ2n) is 3.45. The smallest absolute Gasteiger partial charge is 0.0601 e. The maximum Gasteiger partial charge on any atom is 0.0601 e. The van der Waals surface area contributed by atoms with Crippen molar-refractivity contribution in [3.05, 3.63) is 0 Å². The molecule has 0 aromatic heterocycles. The van der Waals surface area contributed by atoms with Gasteiger partial charge in [-0.15, -0.1) is 0 Å². The average Bonchev–Trinajstić information content (AvgIpc) is 1.62. The van der Waals surface area contributed by atoms with Crippen molar-refractivity contribution in [2.45, 2.75) is 45.4 Å². The molecule has 0 saturated heterocycles. The molecule has 0 amide bonds. The summed E-state index contributed by atoms with van der Waals surface area (Å²) in [4.78, 5) is 0. The van der Waals surface area contributed by atoms with E-state index in [1.807, 2.05) is 0 Å². The van der Waals surface area contributed by atoms with Crippen molar-refractivity contribution in [1.82, 2.24) is 0 Å². The van der Waals surface area contributed by atoms with E-state index in [0.717, 1.165) is 0 Å². The fourth-order valence-electron chi connectivity index (χ4n) is 0.687. The molecule has 0 aromatic carbocycles. The molecule has 0 bridgehead atoms. The summed E-state index contributed by atoms with van der Waals surface area (Å²) in [6.07, 6.45) is 0.455. The largest absolute Gasteiger partial charge is 0.373 e.